The molecule has 0 bridgehead atoms. The first-order chi connectivity index (χ1) is 8.18. The van der Waals surface area contributed by atoms with Crippen LogP contribution in [-0.2, 0) is 0 Å². The zero-order chi connectivity index (χ0) is 13.7. The Morgan fingerprint density at radius 3 is 1.59 bits per heavy atom. The minimum atomic E-state index is 0.734. The molecule has 4 heteroatoms. The molecular formula is C13H24N2O2. The maximum Gasteiger partial charge on any atom is 0.191 e. The van der Waals surface area contributed by atoms with Gasteiger partial charge in [-0.15, -0.1) is 0 Å². The van der Waals surface area contributed by atoms with Gasteiger partial charge in [0.1, 0.15) is 11.5 Å². The van der Waals surface area contributed by atoms with E-state index in [0.717, 1.165) is 17.4 Å². The Kier molecular flexibility index (Phi) is 13.1. The van der Waals surface area contributed by atoms with Crippen LogP contribution in [0, 0.1) is 20.8 Å². The summed E-state index contributed by atoms with van der Waals surface area (Å²) >= 11 is 0. The van der Waals surface area contributed by atoms with Crippen LogP contribution in [-0.4, -0.2) is 9.97 Å². The number of aryl methyl sites for hydroxylation is 3. The molecule has 0 radical (unpaired) electrons. The molecule has 0 aromatic carbocycles. The van der Waals surface area contributed by atoms with Gasteiger partial charge >= 0.3 is 0 Å². The molecule has 0 saturated carbocycles. The zero-order valence-corrected chi connectivity index (χ0v) is 11.9. The monoisotopic (exact) mass is 240 g/mol. The van der Waals surface area contributed by atoms with Crippen LogP contribution in [0.3, 0.4) is 0 Å². The standard InChI is InChI=1S/C5H7NO.C4H5NO.2C2H6/c1-4-3-6-5(2)7-4;1-4-2-5-3-6-4;2*1-2/h3H,1-2H3;2-3H,1H3;2*1-2H3. The van der Waals surface area contributed by atoms with Crippen molar-refractivity contribution in [2.45, 2.75) is 48.5 Å². The van der Waals surface area contributed by atoms with E-state index in [1.807, 2.05) is 48.5 Å². The van der Waals surface area contributed by atoms with Crippen molar-refractivity contribution in [3.8, 4) is 0 Å². The van der Waals surface area contributed by atoms with Crippen molar-refractivity contribution in [1.29, 1.82) is 0 Å². The van der Waals surface area contributed by atoms with Crippen molar-refractivity contribution < 1.29 is 8.83 Å². The molecule has 0 amide bonds. The Morgan fingerprint density at radius 2 is 1.47 bits per heavy atom. The molecule has 2 rings (SSSR count). The Balaban J connectivity index is 0. The fourth-order valence-electron chi connectivity index (χ4n) is 0.747. The van der Waals surface area contributed by atoms with Gasteiger partial charge in [0, 0.05) is 6.92 Å². The van der Waals surface area contributed by atoms with Crippen molar-refractivity contribution in [3.63, 3.8) is 0 Å². The van der Waals surface area contributed by atoms with Gasteiger partial charge in [0.05, 0.1) is 12.4 Å². The second-order valence-electron chi connectivity index (χ2n) is 2.60. The Hall–Kier alpha value is -1.58. The molecule has 0 atom stereocenters. The molecule has 0 unspecified atom stereocenters. The lowest BCUT2D eigenvalue weighted by molar-refractivity contribution is 0.494. The van der Waals surface area contributed by atoms with Crippen LogP contribution < -0.4 is 0 Å². The van der Waals surface area contributed by atoms with E-state index in [1.54, 1.807) is 12.4 Å². The summed E-state index contributed by atoms with van der Waals surface area (Å²) in [5.41, 5.74) is 0. The van der Waals surface area contributed by atoms with E-state index in [9.17, 15) is 0 Å². The quantitative estimate of drug-likeness (QED) is 0.687. The Labute approximate surface area is 104 Å². The zero-order valence-electron chi connectivity index (χ0n) is 11.9. The maximum atomic E-state index is 4.97. The highest BCUT2D eigenvalue weighted by molar-refractivity contribution is 4.87. The summed E-state index contributed by atoms with van der Waals surface area (Å²) in [6, 6.07) is 0. The number of oxazole rings is 2. The van der Waals surface area contributed by atoms with E-state index >= 15 is 0 Å². The predicted molar refractivity (Wildman–Crippen MR) is 69.9 cm³/mol. The van der Waals surface area contributed by atoms with Crippen molar-refractivity contribution in [2.75, 3.05) is 0 Å². The molecule has 4 nitrogen and oxygen atoms in total. The van der Waals surface area contributed by atoms with Crippen LogP contribution in [0.15, 0.2) is 27.6 Å². The third kappa shape index (κ3) is 10.7. The molecule has 98 valence electrons. The number of nitrogens with zero attached hydrogens (tertiary/aromatic N) is 2. The highest BCUT2D eigenvalue weighted by Gasteiger charge is 1.87. The predicted octanol–water partition coefficient (Wildman–Crippen LogP) is 4.33. The minimum Gasteiger partial charge on any atom is -0.449 e. The van der Waals surface area contributed by atoms with E-state index in [-0.39, 0.29) is 0 Å². The van der Waals surface area contributed by atoms with Gasteiger partial charge in [-0.3, -0.25) is 0 Å². The smallest absolute Gasteiger partial charge is 0.191 e. The van der Waals surface area contributed by atoms with Gasteiger partial charge in [-0.05, 0) is 13.8 Å². The third-order valence-electron chi connectivity index (χ3n) is 1.29. The summed E-state index contributed by atoms with van der Waals surface area (Å²) in [4.78, 5) is 7.50. The summed E-state index contributed by atoms with van der Waals surface area (Å²) in [7, 11) is 0. The number of rotatable bonds is 0. The second-order valence-corrected chi connectivity index (χ2v) is 2.60. The van der Waals surface area contributed by atoms with Gasteiger partial charge in [-0.2, -0.15) is 0 Å². The maximum absolute atomic E-state index is 4.97. The number of hydrogen-bond acceptors (Lipinski definition) is 4. The van der Waals surface area contributed by atoms with E-state index in [1.165, 1.54) is 6.39 Å². The van der Waals surface area contributed by atoms with Gasteiger partial charge in [0.25, 0.3) is 0 Å². The summed E-state index contributed by atoms with van der Waals surface area (Å²) < 4.78 is 9.69. The largest absolute Gasteiger partial charge is 0.449 e. The van der Waals surface area contributed by atoms with Gasteiger partial charge in [0.2, 0.25) is 0 Å². The second kappa shape index (κ2) is 12.5. The average Bonchev–Trinajstić information content (AvgIpc) is 2.97. The van der Waals surface area contributed by atoms with Crippen molar-refractivity contribution >= 4 is 0 Å². The van der Waals surface area contributed by atoms with Crippen LogP contribution in [0.1, 0.15) is 45.1 Å². The highest BCUT2D eigenvalue weighted by atomic mass is 16.3. The van der Waals surface area contributed by atoms with Gasteiger partial charge in [0.15, 0.2) is 12.3 Å². The van der Waals surface area contributed by atoms with E-state index in [4.69, 9.17) is 8.83 Å². The van der Waals surface area contributed by atoms with Crippen LogP contribution in [0.4, 0.5) is 0 Å². The van der Waals surface area contributed by atoms with Gasteiger partial charge < -0.3 is 8.83 Å². The van der Waals surface area contributed by atoms with E-state index in [2.05, 4.69) is 9.97 Å². The fraction of sp³-hybridized carbons (Fsp3) is 0.538. The normalized spacial score (nSPS) is 7.71. The molecule has 2 heterocycles. The molecule has 0 saturated heterocycles. The Bertz CT molecular complexity index is 323. The molecule has 0 spiro atoms. The lowest BCUT2D eigenvalue weighted by atomic mass is 10.6. The summed E-state index contributed by atoms with van der Waals surface area (Å²) in [6.45, 7) is 13.6. The van der Waals surface area contributed by atoms with E-state index < -0.39 is 0 Å². The van der Waals surface area contributed by atoms with Crippen molar-refractivity contribution in [1.82, 2.24) is 9.97 Å². The average molecular weight is 240 g/mol. The number of hydrogen-bond donors (Lipinski definition) is 0. The van der Waals surface area contributed by atoms with Crippen LogP contribution in [0.5, 0.6) is 0 Å². The van der Waals surface area contributed by atoms with Crippen LogP contribution in [0.25, 0.3) is 0 Å². The molecule has 0 aliphatic heterocycles. The molecule has 0 aliphatic rings. The summed E-state index contributed by atoms with van der Waals surface area (Å²) in [5.74, 6) is 2.46. The van der Waals surface area contributed by atoms with E-state index in [0.29, 0.717) is 0 Å². The van der Waals surface area contributed by atoms with Crippen molar-refractivity contribution in [2.24, 2.45) is 0 Å². The summed E-state index contributed by atoms with van der Waals surface area (Å²) in [6.07, 6.45) is 4.78. The molecule has 2 aromatic heterocycles. The lowest BCUT2D eigenvalue weighted by Gasteiger charge is -1.73. The first kappa shape index (κ1) is 17.8. The highest BCUT2D eigenvalue weighted by Crippen LogP contribution is 1.97. The molecule has 0 N–H and O–H groups in total. The first-order valence-electron chi connectivity index (χ1n) is 5.92. The van der Waals surface area contributed by atoms with Gasteiger partial charge in [-0.25, -0.2) is 9.97 Å². The molecule has 0 aliphatic carbocycles. The van der Waals surface area contributed by atoms with Gasteiger partial charge in [-0.1, -0.05) is 27.7 Å². The minimum absolute atomic E-state index is 0.734. The number of aromatic nitrogens is 2. The molecule has 2 aromatic rings. The van der Waals surface area contributed by atoms with Crippen LogP contribution in [0.2, 0.25) is 0 Å². The molecule has 0 fully saturated rings. The fourth-order valence-corrected chi connectivity index (χ4v) is 0.747. The SMILES string of the molecule is CC.CC.Cc1cnc(C)o1.Cc1cnco1. The molecular weight excluding hydrogens is 216 g/mol. The summed E-state index contributed by atoms with van der Waals surface area (Å²) in [5, 5.41) is 0. The third-order valence-corrected chi connectivity index (χ3v) is 1.29. The molecule has 17 heavy (non-hydrogen) atoms. The van der Waals surface area contributed by atoms with Crippen LogP contribution >= 0.6 is 0 Å². The van der Waals surface area contributed by atoms with Crippen molar-refractivity contribution in [3.05, 3.63) is 36.2 Å². The topological polar surface area (TPSA) is 52.1 Å². The first-order valence-corrected chi connectivity index (χ1v) is 5.92. The Morgan fingerprint density at radius 1 is 0.882 bits per heavy atom. The lowest BCUT2D eigenvalue weighted by Crippen LogP contribution is -1.59.